The summed E-state index contributed by atoms with van der Waals surface area (Å²) >= 11 is 0. The van der Waals surface area contributed by atoms with Crippen molar-refractivity contribution in [2.45, 2.75) is 18.4 Å². The third kappa shape index (κ3) is 3.37. The van der Waals surface area contributed by atoms with Gasteiger partial charge in [0.1, 0.15) is 11.5 Å². The van der Waals surface area contributed by atoms with E-state index in [9.17, 15) is 8.42 Å². The highest BCUT2D eigenvalue weighted by Gasteiger charge is 2.07. The van der Waals surface area contributed by atoms with Crippen LogP contribution in [0.15, 0.2) is 47.4 Å². The molecule has 0 aliphatic rings. The molecule has 0 aliphatic heterocycles. The van der Waals surface area contributed by atoms with Gasteiger partial charge in [-0.25, -0.2) is 8.42 Å². The monoisotopic (exact) mass is 291 g/mol. The van der Waals surface area contributed by atoms with Crippen LogP contribution in [0.2, 0.25) is 0 Å². The van der Waals surface area contributed by atoms with Crippen LogP contribution in [-0.2, 0) is 16.4 Å². The highest BCUT2D eigenvalue weighted by Crippen LogP contribution is 2.24. The van der Waals surface area contributed by atoms with Gasteiger partial charge in [0.2, 0.25) is 0 Å². The van der Waals surface area contributed by atoms with Gasteiger partial charge in [-0.15, -0.1) is 0 Å². The zero-order chi connectivity index (χ0) is 14.8. The van der Waals surface area contributed by atoms with E-state index in [-0.39, 0.29) is 4.90 Å². The summed E-state index contributed by atoms with van der Waals surface area (Å²) in [6, 6.07) is 12.0. The molecule has 0 amide bonds. The van der Waals surface area contributed by atoms with Gasteiger partial charge in [0, 0.05) is 12.8 Å². The first-order chi connectivity index (χ1) is 9.40. The lowest BCUT2D eigenvalue weighted by atomic mass is 10.1. The minimum absolute atomic E-state index is 0.277. The van der Waals surface area contributed by atoms with Crippen molar-refractivity contribution in [2.75, 3.05) is 6.26 Å². The molecule has 2 rings (SSSR count). The van der Waals surface area contributed by atoms with Crippen LogP contribution in [0, 0.1) is 6.92 Å². The number of hydrogen-bond donors (Lipinski definition) is 1. The standard InChI is InChI=1S/C15H17NO3S/c1-11-9-14(4-3-12(11)10-16)19-13-5-7-15(8-6-13)20(2,17)18/h3-9H,10,16H2,1-2H3. The third-order valence-electron chi connectivity index (χ3n) is 3.02. The zero-order valence-electron chi connectivity index (χ0n) is 11.5. The number of rotatable bonds is 4. The average Bonchev–Trinajstić information content (AvgIpc) is 2.38. The van der Waals surface area contributed by atoms with Crippen LogP contribution in [0.4, 0.5) is 0 Å². The van der Waals surface area contributed by atoms with E-state index < -0.39 is 9.84 Å². The fourth-order valence-electron chi connectivity index (χ4n) is 1.85. The molecule has 20 heavy (non-hydrogen) atoms. The number of aryl methyl sites for hydroxylation is 1. The molecular weight excluding hydrogens is 274 g/mol. The molecule has 0 atom stereocenters. The van der Waals surface area contributed by atoms with E-state index in [4.69, 9.17) is 10.5 Å². The topological polar surface area (TPSA) is 69.4 Å². The molecule has 5 heteroatoms. The molecule has 0 heterocycles. The molecule has 2 N–H and O–H groups in total. The van der Waals surface area contributed by atoms with E-state index in [1.54, 1.807) is 12.1 Å². The second-order valence-corrected chi connectivity index (χ2v) is 6.65. The normalized spacial score (nSPS) is 11.3. The molecule has 2 aromatic carbocycles. The molecule has 0 saturated heterocycles. The van der Waals surface area contributed by atoms with Crippen LogP contribution in [0.1, 0.15) is 11.1 Å². The van der Waals surface area contributed by atoms with Crippen molar-refractivity contribution in [3.8, 4) is 11.5 Å². The highest BCUT2D eigenvalue weighted by molar-refractivity contribution is 7.90. The number of sulfone groups is 1. The molecule has 4 nitrogen and oxygen atoms in total. The fraction of sp³-hybridized carbons (Fsp3) is 0.200. The molecule has 106 valence electrons. The Morgan fingerprint density at radius 2 is 1.65 bits per heavy atom. The second-order valence-electron chi connectivity index (χ2n) is 4.64. The van der Waals surface area contributed by atoms with Crippen LogP contribution in [0.3, 0.4) is 0 Å². The Hall–Kier alpha value is -1.85. The molecule has 0 unspecified atom stereocenters. The Kier molecular flexibility index (Phi) is 4.11. The summed E-state index contributed by atoms with van der Waals surface area (Å²) < 4.78 is 28.4. The predicted octanol–water partition coefficient (Wildman–Crippen LogP) is 2.65. The molecule has 0 aromatic heterocycles. The van der Waals surface area contributed by atoms with Crippen molar-refractivity contribution in [3.05, 3.63) is 53.6 Å². The Morgan fingerprint density at radius 1 is 1.05 bits per heavy atom. The first-order valence-corrected chi connectivity index (χ1v) is 8.07. The number of hydrogen-bond acceptors (Lipinski definition) is 4. The van der Waals surface area contributed by atoms with Crippen LogP contribution in [0.5, 0.6) is 11.5 Å². The highest BCUT2D eigenvalue weighted by atomic mass is 32.2. The summed E-state index contributed by atoms with van der Waals surface area (Å²) in [4.78, 5) is 0.277. The minimum atomic E-state index is -3.18. The van der Waals surface area contributed by atoms with Crippen LogP contribution < -0.4 is 10.5 Å². The van der Waals surface area contributed by atoms with Gasteiger partial charge < -0.3 is 10.5 Å². The molecule has 0 saturated carbocycles. The van der Waals surface area contributed by atoms with Gasteiger partial charge in [-0.05, 0) is 54.4 Å². The van der Waals surface area contributed by atoms with Crippen molar-refractivity contribution in [2.24, 2.45) is 5.73 Å². The molecule has 0 spiro atoms. The van der Waals surface area contributed by atoms with Crippen LogP contribution >= 0.6 is 0 Å². The second kappa shape index (κ2) is 5.64. The Balaban J connectivity index is 2.20. The van der Waals surface area contributed by atoms with Gasteiger partial charge in [-0.3, -0.25) is 0 Å². The molecule has 2 aromatic rings. The number of benzene rings is 2. The Bertz CT molecular complexity index is 706. The molecule has 0 fully saturated rings. The maximum Gasteiger partial charge on any atom is 0.175 e. The summed E-state index contributed by atoms with van der Waals surface area (Å²) in [6.07, 6.45) is 1.18. The quantitative estimate of drug-likeness (QED) is 0.940. The van der Waals surface area contributed by atoms with Crippen molar-refractivity contribution in [1.29, 1.82) is 0 Å². The number of nitrogens with two attached hydrogens (primary N) is 1. The third-order valence-corrected chi connectivity index (χ3v) is 4.15. The van der Waals surface area contributed by atoms with Crippen molar-refractivity contribution in [1.82, 2.24) is 0 Å². The molecule has 0 radical (unpaired) electrons. The predicted molar refractivity (Wildman–Crippen MR) is 78.7 cm³/mol. The Labute approximate surface area is 119 Å². The van der Waals surface area contributed by atoms with Gasteiger partial charge in [0.15, 0.2) is 9.84 Å². The van der Waals surface area contributed by atoms with E-state index >= 15 is 0 Å². The molecule has 0 aliphatic carbocycles. The lowest BCUT2D eigenvalue weighted by Crippen LogP contribution is -1.99. The summed E-state index contributed by atoms with van der Waals surface area (Å²) in [7, 11) is -3.18. The van der Waals surface area contributed by atoms with Gasteiger partial charge >= 0.3 is 0 Å². The summed E-state index contributed by atoms with van der Waals surface area (Å²) in [5, 5.41) is 0. The van der Waals surface area contributed by atoms with Crippen LogP contribution in [-0.4, -0.2) is 14.7 Å². The maximum absolute atomic E-state index is 11.4. The number of ether oxygens (including phenoxy) is 1. The average molecular weight is 291 g/mol. The van der Waals surface area contributed by atoms with Crippen molar-refractivity contribution < 1.29 is 13.2 Å². The summed E-state index contributed by atoms with van der Waals surface area (Å²) in [6.45, 7) is 2.47. The first-order valence-electron chi connectivity index (χ1n) is 6.18. The smallest absolute Gasteiger partial charge is 0.175 e. The summed E-state index contributed by atoms with van der Waals surface area (Å²) in [5.41, 5.74) is 7.75. The lowest BCUT2D eigenvalue weighted by molar-refractivity contribution is 0.481. The first kappa shape index (κ1) is 14.6. The van der Waals surface area contributed by atoms with Crippen LogP contribution in [0.25, 0.3) is 0 Å². The van der Waals surface area contributed by atoms with Gasteiger partial charge in [0.25, 0.3) is 0 Å². The van der Waals surface area contributed by atoms with Gasteiger partial charge in [0.05, 0.1) is 4.90 Å². The van der Waals surface area contributed by atoms with Crippen molar-refractivity contribution in [3.63, 3.8) is 0 Å². The van der Waals surface area contributed by atoms with E-state index in [2.05, 4.69) is 0 Å². The van der Waals surface area contributed by atoms with Crippen molar-refractivity contribution >= 4 is 9.84 Å². The SMILES string of the molecule is Cc1cc(Oc2ccc(S(C)(=O)=O)cc2)ccc1CN. The minimum Gasteiger partial charge on any atom is -0.457 e. The zero-order valence-corrected chi connectivity index (χ0v) is 12.3. The van der Waals surface area contributed by atoms with E-state index in [0.29, 0.717) is 18.0 Å². The Morgan fingerprint density at radius 3 is 2.15 bits per heavy atom. The van der Waals surface area contributed by atoms with Gasteiger partial charge in [-0.2, -0.15) is 0 Å². The van der Waals surface area contributed by atoms with E-state index in [1.165, 1.54) is 18.4 Å². The van der Waals surface area contributed by atoms with E-state index in [1.807, 2.05) is 25.1 Å². The van der Waals surface area contributed by atoms with E-state index in [0.717, 1.165) is 11.1 Å². The maximum atomic E-state index is 11.4. The van der Waals surface area contributed by atoms with Gasteiger partial charge in [-0.1, -0.05) is 6.07 Å². The lowest BCUT2D eigenvalue weighted by Gasteiger charge is -2.09. The molecular formula is C15H17NO3S. The summed E-state index contributed by atoms with van der Waals surface area (Å²) in [5.74, 6) is 1.30. The fourth-order valence-corrected chi connectivity index (χ4v) is 2.48. The molecule has 0 bridgehead atoms. The largest absolute Gasteiger partial charge is 0.457 e.